The van der Waals surface area contributed by atoms with Crippen molar-refractivity contribution in [2.24, 2.45) is 0 Å². The molecule has 0 atom stereocenters. The van der Waals surface area contributed by atoms with Crippen LogP contribution in [0.15, 0.2) is 22.7 Å². The van der Waals surface area contributed by atoms with E-state index in [9.17, 15) is 5.11 Å². The summed E-state index contributed by atoms with van der Waals surface area (Å²) in [6, 6.07) is 5.54. The van der Waals surface area contributed by atoms with E-state index in [4.69, 9.17) is 4.74 Å². The molecule has 0 radical (unpaired) electrons. The number of halogens is 1. The van der Waals surface area contributed by atoms with E-state index in [0.717, 1.165) is 15.8 Å². The predicted molar refractivity (Wildman–Crippen MR) is 55.9 cm³/mol. The first-order valence-corrected chi connectivity index (χ1v) is 4.81. The molecule has 0 spiro atoms. The average Bonchev–Trinajstić information content (AvgIpc) is 2.03. The van der Waals surface area contributed by atoms with Crippen molar-refractivity contribution in [3.05, 3.63) is 28.2 Å². The number of hydrogen-bond acceptors (Lipinski definition) is 2. The molecule has 1 aromatic rings. The van der Waals surface area contributed by atoms with E-state index < -0.39 is 5.60 Å². The van der Waals surface area contributed by atoms with Gasteiger partial charge in [0, 0.05) is 10.0 Å². The second-order valence-corrected chi connectivity index (χ2v) is 4.26. The van der Waals surface area contributed by atoms with Crippen LogP contribution in [0.5, 0.6) is 5.75 Å². The Morgan fingerprint density at radius 3 is 2.46 bits per heavy atom. The summed E-state index contributed by atoms with van der Waals surface area (Å²) in [6.07, 6.45) is 0. The molecule has 2 nitrogen and oxygen atoms in total. The molecule has 3 heteroatoms. The number of methoxy groups -OCH3 is 1. The predicted octanol–water partition coefficient (Wildman–Crippen LogP) is 2.69. The van der Waals surface area contributed by atoms with Gasteiger partial charge in [0.05, 0.1) is 12.7 Å². The maximum absolute atomic E-state index is 9.80. The standard InChI is InChI=1S/C10H13BrO2/c1-10(2,12)8-6-7(13-3)4-5-9(8)11/h4-6,12H,1-3H3. The van der Waals surface area contributed by atoms with Crippen molar-refractivity contribution in [2.45, 2.75) is 19.4 Å². The zero-order chi connectivity index (χ0) is 10.1. The number of rotatable bonds is 2. The smallest absolute Gasteiger partial charge is 0.119 e. The zero-order valence-corrected chi connectivity index (χ0v) is 9.55. The molecule has 0 aromatic heterocycles. The van der Waals surface area contributed by atoms with Crippen molar-refractivity contribution in [2.75, 3.05) is 7.11 Å². The third-order valence-corrected chi connectivity index (χ3v) is 2.52. The van der Waals surface area contributed by atoms with E-state index in [-0.39, 0.29) is 0 Å². The fraction of sp³-hybridized carbons (Fsp3) is 0.400. The largest absolute Gasteiger partial charge is 0.497 e. The number of benzene rings is 1. The maximum Gasteiger partial charge on any atom is 0.119 e. The third kappa shape index (κ3) is 2.45. The highest BCUT2D eigenvalue weighted by atomic mass is 79.9. The fourth-order valence-electron chi connectivity index (χ4n) is 1.10. The molecule has 1 aromatic carbocycles. The lowest BCUT2D eigenvalue weighted by atomic mass is 9.98. The minimum absolute atomic E-state index is 0.750. The van der Waals surface area contributed by atoms with Crippen LogP contribution in [-0.4, -0.2) is 12.2 Å². The SMILES string of the molecule is COc1ccc(Br)c(C(C)(C)O)c1. The van der Waals surface area contributed by atoms with Crippen LogP contribution in [0.1, 0.15) is 19.4 Å². The molecule has 0 unspecified atom stereocenters. The highest BCUT2D eigenvalue weighted by Gasteiger charge is 2.19. The lowest BCUT2D eigenvalue weighted by molar-refractivity contribution is 0.0775. The van der Waals surface area contributed by atoms with E-state index >= 15 is 0 Å². The van der Waals surface area contributed by atoms with Crippen molar-refractivity contribution in [1.29, 1.82) is 0 Å². The first kappa shape index (κ1) is 10.5. The molecular formula is C10H13BrO2. The Balaban J connectivity index is 3.19. The second kappa shape index (κ2) is 3.68. The zero-order valence-electron chi connectivity index (χ0n) is 7.97. The Bertz CT molecular complexity index is 302. The van der Waals surface area contributed by atoms with Gasteiger partial charge < -0.3 is 9.84 Å². The minimum atomic E-state index is -0.854. The fourth-order valence-corrected chi connectivity index (χ4v) is 1.83. The molecule has 1 N–H and O–H groups in total. The van der Waals surface area contributed by atoms with E-state index in [1.807, 2.05) is 18.2 Å². The monoisotopic (exact) mass is 244 g/mol. The summed E-state index contributed by atoms with van der Waals surface area (Å²) in [4.78, 5) is 0. The molecule has 0 aliphatic heterocycles. The van der Waals surface area contributed by atoms with Gasteiger partial charge in [0.25, 0.3) is 0 Å². The molecule has 0 aliphatic carbocycles. The van der Waals surface area contributed by atoms with Gasteiger partial charge in [-0.25, -0.2) is 0 Å². The Morgan fingerprint density at radius 2 is 2.00 bits per heavy atom. The Hall–Kier alpha value is -0.540. The van der Waals surface area contributed by atoms with Crippen LogP contribution in [0.4, 0.5) is 0 Å². The van der Waals surface area contributed by atoms with Gasteiger partial charge in [-0.2, -0.15) is 0 Å². The lowest BCUT2D eigenvalue weighted by Gasteiger charge is -2.20. The quantitative estimate of drug-likeness (QED) is 0.867. The molecule has 13 heavy (non-hydrogen) atoms. The van der Waals surface area contributed by atoms with Crippen LogP contribution >= 0.6 is 15.9 Å². The van der Waals surface area contributed by atoms with Gasteiger partial charge in [-0.3, -0.25) is 0 Å². The van der Waals surface area contributed by atoms with Crippen molar-refractivity contribution in [3.8, 4) is 5.75 Å². The number of ether oxygens (including phenoxy) is 1. The van der Waals surface area contributed by atoms with Crippen LogP contribution in [0.25, 0.3) is 0 Å². The van der Waals surface area contributed by atoms with Crippen molar-refractivity contribution >= 4 is 15.9 Å². The summed E-state index contributed by atoms with van der Waals surface area (Å²) in [5.41, 5.74) is -0.0280. The van der Waals surface area contributed by atoms with Crippen molar-refractivity contribution < 1.29 is 9.84 Å². The lowest BCUT2D eigenvalue weighted by Crippen LogP contribution is -2.16. The molecule has 0 heterocycles. The van der Waals surface area contributed by atoms with E-state index in [1.165, 1.54) is 0 Å². The van der Waals surface area contributed by atoms with E-state index in [2.05, 4.69) is 15.9 Å². The highest BCUT2D eigenvalue weighted by molar-refractivity contribution is 9.10. The van der Waals surface area contributed by atoms with Gasteiger partial charge in [-0.05, 0) is 32.0 Å². The summed E-state index contributed by atoms with van der Waals surface area (Å²) in [5, 5.41) is 9.80. The van der Waals surface area contributed by atoms with Gasteiger partial charge in [0.2, 0.25) is 0 Å². The van der Waals surface area contributed by atoms with Crippen LogP contribution < -0.4 is 4.74 Å². The molecule has 0 amide bonds. The summed E-state index contributed by atoms with van der Waals surface area (Å²) in [7, 11) is 1.61. The molecule has 0 saturated heterocycles. The van der Waals surface area contributed by atoms with Crippen LogP contribution in [-0.2, 0) is 5.60 Å². The molecular weight excluding hydrogens is 232 g/mol. The van der Waals surface area contributed by atoms with Crippen molar-refractivity contribution in [3.63, 3.8) is 0 Å². The molecule has 72 valence electrons. The summed E-state index contributed by atoms with van der Waals surface area (Å²) >= 11 is 3.38. The molecule has 0 fully saturated rings. The Morgan fingerprint density at radius 1 is 1.38 bits per heavy atom. The summed E-state index contributed by atoms with van der Waals surface area (Å²) in [6.45, 7) is 3.49. The van der Waals surface area contributed by atoms with Gasteiger partial charge in [-0.15, -0.1) is 0 Å². The third-order valence-electron chi connectivity index (χ3n) is 1.83. The summed E-state index contributed by atoms with van der Waals surface area (Å²) < 4.78 is 5.96. The number of hydrogen-bond donors (Lipinski definition) is 1. The molecule has 0 saturated carbocycles. The molecule has 0 aliphatic rings. The van der Waals surface area contributed by atoms with E-state index in [1.54, 1.807) is 21.0 Å². The van der Waals surface area contributed by atoms with Crippen molar-refractivity contribution in [1.82, 2.24) is 0 Å². The van der Waals surface area contributed by atoms with Crippen LogP contribution in [0.3, 0.4) is 0 Å². The first-order chi connectivity index (χ1) is 5.95. The van der Waals surface area contributed by atoms with Crippen LogP contribution in [0, 0.1) is 0 Å². The van der Waals surface area contributed by atoms with Crippen LogP contribution in [0.2, 0.25) is 0 Å². The number of aliphatic hydroxyl groups is 1. The first-order valence-electron chi connectivity index (χ1n) is 4.01. The minimum Gasteiger partial charge on any atom is -0.497 e. The highest BCUT2D eigenvalue weighted by Crippen LogP contribution is 2.30. The Kier molecular flexibility index (Phi) is 2.98. The molecule has 0 bridgehead atoms. The van der Waals surface area contributed by atoms with E-state index in [0.29, 0.717) is 0 Å². The van der Waals surface area contributed by atoms with Gasteiger partial charge >= 0.3 is 0 Å². The molecule has 1 rings (SSSR count). The topological polar surface area (TPSA) is 29.5 Å². The van der Waals surface area contributed by atoms with Gasteiger partial charge in [0.15, 0.2) is 0 Å². The maximum atomic E-state index is 9.80. The summed E-state index contributed by atoms with van der Waals surface area (Å²) in [5.74, 6) is 0.750. The Labute approximate surface area is 86.7 Å². The van der Waals surface area contributed by atoms with Gasteiger partial charge in [0.1, 0.15) is 5.75 Å². The normalized spacial score (nSPS) is 11.5. The van der Waals surface area contributed by atoms with Gasteiger partial charge in [-0.1, -0.05) is 15.9 Å². The second-order valence-electron chi connectivity index (χ2n) is 3.40. The average molecular weight is 245 g/mol.